The molecule has 1 aromatic rings. The number of carbonyl (C=O) groups is 1. The molecule has 15 heavy (non-hydrogen) atoms. The molecule has 0 aromatic carbocycles. The summed E-state index contributed by atoms with van der Waals surface area (Å²) < 4.78 is 24.8. The summed E-state index contributed by atoms with van der Waals surface area (Å²) in [5, 5.41) is 8.59. The zero-order valence-corrected chi connectivity index (χ0v) is 8.13. The molecule has 1 aromatic heterocycles. The van der Waals surface area contributed by atoms with E-state index in [1.54, 1.807) is 0 Å². The van der Waals surface area contributed by atoms with E-state index in [9.17, 15) is 13.6 Å². The van der Waals surface area contributed by atoms with Gasteiger partial charge in [0.15, 0.2) is 5.69 Å². The number of pyridine rings is 1. The molecule has 0 saturated carbocycles. The van der Waals surface area contributed by atoms with Gasteiger partial charge in [-0.1, -0.05) is 11.6 Å². The highest BCUT2D eigenvalue weighted by Gasteiger charge is 2.21. The quantitative estimate of drug-likeness (QED) is 0.839. The second kappa shape index (κ2) is 4.50. The predicted octanol–water partition coefficient (Wildman–Crippen LogP) is 1.83. The van der Waals surface area contributed by atoms with Gasteiger partial charge < -0.3 is 10.8 Å². The average Bonchev–Trinajstić information content (AvgIpc) is 2.16. The first kappa shape index (κ1) is 11.8. The summed E-state index contributed by atoms with van der Waals surface area (Å²) in [6.45, 7) is -0.109. The van der Waals surface area contributed by atoms with E-state index in [0.29, 0.717) is 0 Å². The Bertz CT molecular complexity index is 398. The van der Waals surface area contributed by atoms with Gasteiger partial charge in [-0.3, -0.25) is 0 Å². The Morgan fingerprint density at radius 1 is 1.67 bits per heavy atom. The molecule has 82 valence electrons. The van der Waals surface area contributed by atoms with Gasteiger partial charge in [0, 0.05) is 6.54 Å². The highest BCUT2D eigenvalue weighted by Crippen LogP contribution is 2.26. The molecule has 0 atom stereocenters. The fourth-order valence-electron chi connectivity index (χ4n) is 1.02. The molecule has 0 bridgehead atoms. The predicted molar refractivity (Wildman–Crippen MR) is 49.1 cm³/mol. The van der Waals surface area contributed by atoms with Crippen molar-refractivity contribution < 1.29 is 18.7 Å². The van der Waals surface area contributed by atoms with Crippen molar-refractivity contribution >= 4 is 17.6 Å². The summed E-state index contributed by atoms with van der Waals surface area (Å²) in [6.07, 6.45) is -2.94. The lowest BCUT2D eigenvalue weighted by molar-refractivity contribution is 0.0676. The molecule has 1 rings (SSSR count). The van der Waals surface area contributed by atoms with Crippen LogP contribution in [0, 0.1) is 0 Å². The van der Waals surface area contributed by atoms with Gasteiger partial charge >= 0.3 is 5.97 Å². The zero-order chi connectivity index (χ0) is 11.6. The largest absolute Gasteiger partial charge is 0.476 e. The van der Waals surface area contributed by atoms with Gasteiger partial charge in [-0.05, 0) is 6.07 Å². The van der Waals surface area contributed by atoms with Crippen molar-refractivity contribution in [3.05, 3.63) is 28.0 Å². The number of carboxylic acid groups (broad SMARTS) is 1. The minimum atomic E-state index is -2.94. The highest BCUT2D eigenvalue weighted by atomic mass is 35.5. The Kier molecular flexibility index (Phi) is 3.54. The molecule has 0 amide bonds. The molecular weight excluding hydrogens is 230 g/mol. The van der Waals surface area contributed by atoms with Crippen LogP contribution in [-0.2, 0) is 6.54 Å². The average molecular weight is 237 g/mol. The van der Waals surface area contributed by atoms with Crippen LogP contribution in [0.5, 0.6) is 0 Å². The van der Waals surface area contributed by atoms with Crippen LogP contribution in [-0.4, -0.2) is 16.1 Å². The summed E-state index contributed by atoms with van der Waals surface area (Å²) in [7, 11) is 0. The molecule has 0 spiro atoms. The van der Waals surface area contributed by atoms with E-state index < -0.39 is 23.7 Å². The maximum Gasteiger partial charge on any atom is 0.355 e. The molecule has 0 saturated heterocycles. The van der Waals surface area contributed by atoms with Crippen LogP contribution >= 0.6 is 11.6 Å². The number of aromatic carboxylic acids is 1. The third-order valence-corrected chi connectivity index (χ3v) is 2.04. The SMILES string of the molecule is NCc1nc(C(=O)O)c(C(F)F)cc1Cl. The van der Waals surface area contributed by atoms with Crippen molar-refractivity contribution in [2.75, 3.05) is 0 Å². The summed E-state index contributed by atoms with van der Waals surface area (Å²) in [5.41, 5.74) is 3.88. The lowest BCUT2D eigenvalue weighted by Crippen LogP contribution is -2.11. The van der Waals surface area contributed by atoms with Crippen molar-refractivity contribution in [1.29, 1.82) is 0 Å². The van der Waals surface area contributed by atoms with Gasteiger partial charge in [-0.25, -0.2) is 18.6 Å². The van der Waals surface area contributed by atoms with Crippen LogP contribution in [0.15, 0.2) is 6.07 Å². The van der Waals surface area contributed by atoms with E-state index in [4.69, 9.17) is 22.4 Å². The van der Waals surface area contributed by atoms with Crippen molar-refractivity contribution in [2.24, 2.45) is 5.73 Å². The molecule has 0 aliphatic heterocycles. The Morgan fingerprint density at radius 3 is 2.67 bits per heavy atom. The van der Waals surface area contributed by atoms with E-state index in [-0.39, 0.29) is 17.3 Å². The molecular formula is C8H7ClF2N2O2. The molecule has 0 fully saturated rings. The fourth-order valence-corrected chi connectivity index (χ4v) is 1.26. The van der Waals surface area contributed by atoms with Crippen LogP contribution < -0.4 is 5.73 Å². The molecule has 0 unspecified atom stereocenters. The standard InChI is InChI=1S/C8H7ClF2N2O2/c9-4-1-3(7(10)11)6(8(14)15)13-5(4)2-12/h1,7H,2,12H2,(H,14,15). The molecule has 1 heterocycles. The first-order chi connectivity index (χ1) is 6.97. The second-order valence-corrected chi connectivity index (χ2v) is 3.07. The molecule has 7 heteroatoms. The minimum Gasteiger partial charge on any atom is -0.476 e. The summed E-state index contributed by atoms with van der Waals surface area (Å²) >= 11 is 5.58. The third-order valence-electron chi connectivity index (χ3n) is 1.71. The monoisotopic (exact) mass is 236 g/mol. The first-order valence-electron chi connectivity index (χ1n) is 3.88. The molecule has 3 N–H and O–H groups in total. The lowest BCUT2D eigenvalue weighted by atomic mass is 10.1. The van der Waals surface area contributed by atoms with Gasteiger partial charge in [0.2, 0.25) is 0 Å². The first-order valence-corrected chi connectivity index (χ1v) is 4.26. The molecule has 0 aliphatic rings. The number of nitrogens with two attached hydrogens (primary N) is 1. The van der Waals surface area contributed by atoms with Gasteiger partial charge in [-0.2, -0.15) is 0 Å². The van der Waals surface area contributed by atoms with Crippen LogP contribution in [0.3, 0.4) is 0 Å². The lowest BCUT2D eigenvalue weighted by Gasteiger charge is -2.07. The number of rotatable bonds is 3. The van der Waals surface area contributed by atoms with Gasteiger partial charge in [0.1, 0.15) is 0 Å². The van der Waals surface area contributed by atoms with Gasteiger partial charge in [0.25, 0.3) is 6.43 Å². The second-order valence-electron chi connectivity index (χ2n) is 2.66. The summed E-state index contributed by atoms with van der Waals surface area (Å²) in [6, 6.07) is 0.880. The van der Waals surface area contributed by atoms with E-state index >= 15 is 0 Å². The van der Waals surface area contributed by atoms with Crippen molar-refractivity contribution in [3.8, 4) is 0 Å². The number of nitrogens with zero attached hydrogens (tertiary/aromatic N) is 1. The number of carboxylic acids is 1. The number of alkyl halides is 2. The third kappa shape index (κ3) is 2.40. The molecule has 0 aliphatic carbocycles. The van der Waals surface area contributed by atoms with Crippen LogP contribution in [0.1, 0.15) is 28.2 Å². The Hall–Kier alpha value is -1.27. The van der Waals surface area contributed by atoms with Gasteiger partial charge in [0.05, 0.1) is 16.3 Å². The smallest absolute Gasteiger partial charge is 0.355 e. The van der Waals surface area contributed by atoms with E-state index in [0.717, 1.165) is 6.07 Å². The highest BCUT2D eigenvalue weighted by molar-refractivity contribution is 6.31. The Labute approximate surface area is 88.7 Å². The number of halogens is 3. The summed E-state index contributed by atoms with van der Waals surface area (Å²) in [4.78, 5) is 14.1. The van der Waals surface area contributed by atoms with Crippen LogP contribution in [0.25, 0.3) is 0 Å². The minimum absolute atomic E-state index is 0.0576. The summed E-state index contributed by atoms with van der Waals surface area (Å²) in [5.74, 6) is -1.53. The molecule has 0 radical (unpaired) electrons. The Balaban J connectivity index is 3.39. The van der Waals surface area contributed by atoms with Crippen LogP contribution in [0.4, 0.5) is 8.78 Å². The van der Waals surface area contributed by atoms with Crippen molar-refractivity contribution in [2.45, 2.75) is 13.0 Å². The fraction of sp³-hybridized carbons (Fsp3) is 0.250. The Morgan fingerprint density at radius 2 is 2.27 bits per heavy atom. The topological polar surface area (TPSA) is 76.2 Å². The van der Waals surface area contributed by atoms with Crippen molar-refractivity contribution in [1.82, 2.24) is 4.98 Å². The van der Waals surface area contributed by atoms with Gasteiger partial charge in [-0.15, -0.1) is 0 Å². The number of hydrogen-bond acceptors (Lipinski definition) is 3. The van der Waals surface area contributed by atoms with Crippen molar-refractivity contribution in [3.63, 3.8) is 0 Å². The molecule has 4 nitrogen and oxygen atoms in total. The van der Waals surface area contributed by atoms with E-state index in [1.807, 2.05) is 0 Å². The van der Waals surface area contributed by atoms with E-state index in [1.165, 1.54) is 0 Å². The maximum absolute atomic E-state index is 12.4. The normalized spacial score (nSPS) is 10.7. The number of hydrogen-bond donors (Lipinski definition) is 2. The number of aromatic nitrogens is 1. The zero-order valence-electron chi connectivity index (χ0n) is 7.38. The van der Waals surface area contributed by atoms with E-state index in [2.05, 4.69) is 4.98 Å². The maximum atomic E-state index is 12.4. The van der Waals surface area contributed by atoms with Crippen LogP contribution in [0.2, 0.25) is 5.02 Å².